The van der Waals surface area contributed by atoms with E-state index in [0.717, 1.165) is 21.3 Å². The molecule has 3 rings (SSSR count). The number of nitrogens with one attached hydrogen (secondary N) is 2. The van der Waals surface area contributed by atoms with Gasteiger partial charge in [0.15, 0.2) is 0 Å². The number of rotatable bonds is 5. The third-order valence-electron chi connectivity index (χ3n) is 4.06. The maximum absolute atomic E-state index is 12.4. The molecule has 2 N–H and O–H groups in total. The van der Waals surface area contributed by atoms with Crippen LogP contribution in [0.3, 0.4) is 0 Å². The van der Waals surface area contributed by atoms with Crippen LogP contribution in [0.2, 0.25) is 5.02 Å². The first-order chi connectivity index (χ1) is 11.2. The van der Waals surface area contributed by atoms with Gasteiger partial charge in [-0.3, -0.25) is 0 Å². The van der Waals surface area contributed by atoms with Crippen LogP contribution in [0.4, 0.5) is 0 Å². The Morgan fingerprint density at radius 3 is 2.67 bits per heavy atom. The minimum absolute atomic E-state index is 0.297. The van der Waals surface area contributed by atoms with Crippen molar-refractivity contribution in [2.75, 3.05) is 6.54 Å². The summed E-state index contributed by atoms with van der Waals surface area (Å²) in [5.74, 6) is 0. The van der Waals surface area contributed by atoms with E-state index in [1.165, 1.54) is 11.3 Å². The molecule has 0 saturated carbocycles. The monoisotopic (exact) mass is 382 g/mol. The van der Waals surface area contributed by atoms with Gasteiger partial charge in [-0.25, -0.2) is 13.1 Å². The highest BCUT2D eigenvalue weighted by Crippen LogP contribution is 2.32. The maximum atomic E-state index is 12.4. The van der Waals surface area contributed by atoms with Gasteiger partial charge in [0, 0.05) is 39.0 Å². The molecule has 0 saturated heterocycles. The van der Waals surface area contributed by atoms with E-state index in [1.807, 2.05) is 51.2 Å². The summed E-state index contributed by atoms with van der Waals surface area (Å²) >= 11 is 7.38. The third-order valence-corrected chi connectivity index (χ3v) is 7.19. The smallest absolute Gasteiger partial charge is 0.250 e. The fourth-order valence-corrected chi connectivity index (χ4v) is 5.36. The van der Waals surface area contributed by atoms with E-state index in [9.17, 15) is 8.42 Å². The molecule has 0 atom stereocenters. The zero-order chi connectivity index (χ0) is 17.5. The summed E-state index contributed by atoms with van der Waals surface area (Å²) in [6.07, 6.45) is 1.92. The second-order valence-electron chi connectivity index (χ2n) is 6.47. The van der Waals surface area contributed by atoms with Crippen LogP contribution in [0, 0.1) is 6.92 Å². The van der Waals surface area contributed by atoms with Crippen molar-refractivity contribution >= 4 is 43.9 Å². The number of hydrogen-bond donors (Lipinski definition) is 2. The standard InChI is InChI=1S/C17H19ClN2O2S2/c1-11-4-7-16(23-11)24(21,22)20-10-17(2,3)14-9-19-15-6-5-12(18)8-13(14)15/h4-9,19-20H,10H2,1-3H3. The molecule has 2 aromatic heterocycles. The largest absolute Gasteiger partial charge is 0.361 e. The van der Waals surface area contributed by atoms with Crippen molar-refractivity contribution in [3.63, 3.8) is 0 Å². The van der Waals surface area contributed by atoms with Crippen LogP contribution in [0.15, 0.2) is 40.7 Å². The molecule has 0 aliphatic carbocycles. The molecule has 7 heteroatoms. The first kappa shape index (κ1) is 17.5. The fraction of sp³-hybridized carbons (Fsp3) is 0.294. The van der Waals surface area contributed by atoms with Crippen molar-refractivity contribution in [3.05, 3.63) is 52.0 Å². The predicted molar refractivity (Wildman–Crippen MR) is 101 cm³/mol. The molecule has 3 aromatic rings. The highest BCUT2D eigenvalue weighted by molar-refractivity contribution is 7.91. The topological polar surface area (TPSA) is 62.0 Å². The van der Waals surface area contributed by atoms with E-state index in [0.29, 0.717) is 15.8 Å². The van der Waals surface area contributed by atoms with E-state index in [-0.39, 0.29) is 5.41 Å². The van der Waals surface area contributed by atoms with E-state index in [4.69, 9.17) is 11.6 Å². The van der Waals surface area contributed by atoms with Gasteiger partial charge in [0.05, 0.1) is 0 Å². The molecule has 0 unspecified atom stereocenters. The van der Waals surface area contributed by atoms with Gasteiger partial charge in [-0.1, -0.05) is 25.4 Å². The van der Waals surface area contributed by atoms with Gasteiger partial charge in [0.2, 0.25) is 10.0 Å². The Labute approximate surface area is 150 Å². The minimum atomic E-state index is -3.49. The minimum Gasteiger partial charge on any atom is -0.361 e. The summed E-state index contributed by atoms with van der Waals surface area (Å²) in [5, 5.41) is 1.67. The van der Waals surface area contributed by atoms with Crippen LogP contribution in [-0.2, 0) is 15.4 Å². The van der Waals surface area contributed by atoms with Gasteiger partial charge < -0.3 is 4.98 Å². The molecule has 0 radical (unpaired) electrons. The van der Waals surface area contributed by atoms with Gasteiger partial charge >= 0.3 is 0 Å². The molecule has 128 valence electrons. The van der Waals surface area contributed by atoms with Gasteiger partial charge in [0.1, 0.15) is 4.21 Å². The number of aromatic nitrogens is 1. The normalized spacial score (nSPS) is 12.8. The lowest BCUT2D eigenvalue weighted by atomic mass is 9.85. The number of hydrogen-bond acceptors (Lipinski definition) is 3. The Kier molecular flexibility index (Phi) is 4.51. The molecule has 4 nitrogen and oxygen atoms in total. The number of halogens is 1. The Bertz CT molecular complexity index is 987. The summed E-state index contributed by atoms with van der Waals surface area (Å²) in [6, 6.07) is 9.11. The first-order valence-electron chi connectivity index (χ1n) is 7.52. The van der Waals surface area contributed by atoms with E-state index in [2.05, 4.69) is 9.71 Å². The number of aromatic amines is 1. The summed E-state index contributed by atoms with van der Waals surface area (Å²) in [5.41, 5.74) is 1.63. The maximum Gasteiger partial charge on any atom is 0.250 e. The zero-order valence-electron chi connectivity index (χ0n) is 13.7. The number of thiophene rings is 1. The second-order valence-corrected chi connectivity index (χ2v) is 10.2. The molecule has 2 heterocycles. The van der Waals surface area contributed by atoms with E-state index in [1.54, 1.807) is 6.07 Å². The molecule has 0 spiro atoms. The Morgan fingerprint density at radius 2 is 2.00 bits per heavy atom. The van der Waals surface area contributed by atoms with Crippen LogP contribution in [0.25, 0.3) is 10.9 Å². The molecule has 0 aliphatic rings. The van der Waals surface area contributed by atoms with Crippen LogP contribution in [0.5, 0.6) is 0 Å². The van der Waals surface area contributed by atoms with Crippen molar-refractivity contribution in [1.82, 2.24) is 9.71 Å². The molecular weight excluding hydrogens is 364 g/mol. The van der Waals surface area contributed by atoms with Crippen LogP contribution < -0.4 is 4.72 Å². The van der Waals surface area contributed by atoms with Crippen molar-refractivity contribution in [1.29, 1.82) is 0 Å². The molecule has 0 bridgehead atoms. The molecule has 0 aliphatic heterocycles. The Hall–Kier alpha value is -1.34. The number of benzene rings is 1. The Balaban J connectivity index is 1.86. The summed E-state index contributed by atoms with van der Waals surface area (Å²) in [7, 11) is -3.49. The lowest BCUT2D eigenvalue weighted by Crippen LogP contribution is -2.36. The summed E-state index contributed by atoms with van der Waals surface area (Å²) < 4.78 is 28.0. The average molecular weight is 383 g/mol. The van der Waals surface area contributed by atoms with Crippen molar-refractivity contribution < 1.29 is 8.42 Å². The lowest BCUT2D eigenvalue weighted by molar-refractivity contribution is 0.505. The zero-order valence-corrected chi connectivity index (χ0v) is 16.1. The van der Waals surface area contributed by atoms with Crippen LogP contribution in [0.1, 0.15) is 24.3 Å². The molecule has 0 amide bonds. The molecule has 0 fully saturated rings. The SMILES string of the molecule is Cc1ccc(S(=O)(=O)NCC(C)(C)c2c[nH]c3ccc(Cl)cc23)s1. The Morgan fingerprint density at radius 1 is 1.25 bits per heavy atom. The highest BCUT2D eigenvalue weighted by Gasteiger charge is 2.27. The number of fused-ring (bicyclic) bond motifs is 1. The lowest BCUT2D eigenvalue weighted by Gasteiger charge is -2.24. The van der Waals surface area contributed by atoms with Crippen molar-refractivity contribution in [3.8, 4) is 0 Å². The number of sulfonamides is 1. The van der Waals surface area contributed by atoms with Gasteiger partial charge in [-0.05, 0) is 42.8 Å². The van der Waals surface area contributed by atoms with Gasteiger partial charge in [-0.15, -0.1) is 11.3 Å². The third kappa shape index (κ3) is 3.37. The summed E-state index contributed by atoms with van der Waals surface area (Å²) in [6.45, 7) is 6.21. The first-order valence-corrected chi connectivity index (χ1v) is 10.2. The summed E-state index contributed by atoms with van der Waals surface area (Å²) in [4.78, 5) is 4.19. The quantitative estimate of drug-likeness (QED) is 0.684. The molecule has 1 aromatic carbocycles. The predicted octanol–water partition coefficient (Wildman–Crippen LogP) is 4.45. The van der Waals surface area contributed by atoms with E-state index < -0.39 is 10.0 Å². The van der Waals surface area contributed by atoms with Gasteiger partial charge in [0.25, 0.3) is 0 Å². The highest BCUT2D eigenvalue weighted by atomic mass is 35.5. The van der Waals surface area contributed by atoms with Crippen molar-refractivity contribution in [2.45, 2.75) is 30.4 Å². The van der Waals surface area contributed by atoms with Crippen LogP contribution in [-0.4, -0.2) is 19.9 Å². The molecular formula is C17H19ClN2O2S2. The molecule has 24 heavy (non-hydrogen) atoms. The van der Waals surface area contributed by atoms with E-state index >= 15 is 0 Å². The van der Waals surface area contributed by atoms with Crippen LogP contribution >= 0.6 is 22.9 Å². The number of H-pyrrole nitrogens is 1. The van der Waals surface area contributed by atoms with Gasteiger partial charge in [-0.2, -0.15) is 0 Å². The van der Waals surface area contributed by atoms with Crippen molar-refractivity contribution in [2.24, 2.45) is 0 Å². The average Bonchev–Trinajstić information content (AvgIpc) is 3.12. The number of aryl methyl sites for hydroxylation is 1. The fourth-order valence-electron chi connectivity index (χ4n) is 2.65. The second kappa shape index (κ2) is 6.19.